The number of rotatable bonds is 9. The maximum atomic E-state index is 6.36. The van der Waals surface area contributed by atoms with Crippen LogP contribution in [-0.4, -0.2) is 40.5 Å². The van der Waals surface area contributed by atoms with Crippen molar-refractivity contribution in [3.8, 4) is 17.3 Å². The molecule has 2 aromatic heterocycles. The summed E-state index contributed by atoms with van der Waals surface area (Å²) in [5.74, 6) is 3.11. The average molecular weight is 449 g/mol. The van der Waals surface area contributed by atoms with Crippen molar-refractivity contribution in [2.75, 3.05) is 13.7 Å². The number of aromatic nitrogens is 3. The van der Waals surface area contributed by atoms with Crippen LogP contribution in [0.1, 0.15) is 43.7 Å². The number of para-hydroxylation sites is 1. The number of benzene rings is 1. The molecule has 8 nitrogen and oxygen atoms in total. The van der Waals surface area contributed by atoms with E-state index in [1.165, 1.54) is 12.8 Å². The van der Waals surface area contributed by atoms with Crippen molar-refractivity contribution in [3.05, 3.63) is 66.1 Å². The minimum atomic E-state index is 0.262. The van der Waals surface area contributed by atoms with Crippen LogP contribution in [0.15, 0.2) is 60.0 Å². The number of aliphatic imine (C=N–C) groups is 1. The summed E-state index contributed by atoms with van der Waals surface area (Å²) in [5.41, 5.74) is 2.11. The third-order valence-electron chi connectivity index (χ3n) is 5.63. The second-order valence-electron chi connectivity index (χ2n) is 7.99. The predicted molar refractivity (Wildman–Crippen MR) is 129 cm³/mol. The highest BCUT2D eigenvalue weighted by atomic mass is 16.5. The highest BCUT2D eigenvalue weighted by Gasteiger charge is 2.20. The first-order valence-corrected chi connectivity index (χ1v) is 11.6. The van der Waals surface area contributed by atoms with Crippen molar-refractivity contribution in [1.29, 1.82) is 0 Å². The van der Waals surface area contributed by atoms with E-state index >= 15 is 0 Å². The average Bonchev–Trinajstić information content (AvgIpc) is 3.56. The molecule has 0 spiro atoms. The lowest BCUT2D eigenvalue weighted by molar-refractivity contribution is 0.198. The Bertz CT molecular complexity index is 1040. The Labute approximate surface area is 195 Å². The van der Waals surface area contributed by atoms with Crippen LogP contribution in [-0.2, 0) is 13.1 Å². The third-order valence-corrected chi connectivity index (χ3v) is 5.63. The molecule has 0 amide bonds. The highest BCUT2D eigenvalue weighted by Crippen LogP contribution is 2.34. The van der Waals surface area contributed by atoms with Crippen molar-refractivity contribution in [1.82, 2.24) is 25.4 Å². The summed E-state index contributed by atoms with van der Waals surface area (Å²) in [7, 11) is 1.69. The summed E-state index contributed by atoms with van der Waals surface area (Å²) >= 11 is 0. The Morgan fingerprint density at radius 2 is 2.03 bits per heavy atom. The summed E-state index contributed by atoms with van der Waals surface area (Å²) in [4.78, 5) is 9.15. The van der Waals surface area contributed by atoms with Crippen LogP contribution in [0.25, 0.3) is 5.82 Å². The van der Waals surface area contributed by atoms with Gasteiger partial charge in [0.1, 0.15) is 0 Å². The molecule has 33 heavy (non-hydrogen) atoms. The van der Waals surface area contributed by atoms with Crippen molar-refractivity contribution < 1.29 is 9.47 Å². The second-order valence-corrected chi connectivity index (χ2v) is 7.99. The molecule has 1 fully saturated rings. The molecule has 1 aromatic carbocycles. The zero-order valence-electron chi connectivity index (χ0n) is 19.3. The molecule has 0 bridgehead atoms. The lowest BCUT2D eigenvalue weighted by atomic mass is 10.1. The number of hydrogen-bond donors (Lipinski definition) is 2. The van der Waals surface area contributed by atoms with E-state index < -0.39 is 0 Å². The topological polar surface area (TPSA) is 85.6 Å². The standard InChI is InChI=1S/C25H32N6O2/c1-3-26-25(28-17-19-12-14-27-23(16-19)31-15-7-13-30-31)29-18-20-8-6-11-22(32-2)24(20)33-21-9-4-5-10-21/h6-8,11-16,21H,3-5,9-10,17-18H2,1-2H3,(H2,26,28,29). The van der Waals surface area contributed by atoms with Gasteiger partial charge in [-0.05, 0) is 62.4 Å². The van der Waals surface area contributed by atoms with Gasteiger partial charge in [-0.3, -0.25) is 0 Å². The molecule has 8 heteroatoms. The van der Waals surface area contributed by atoms with Gasteiger partial charge in [0.15, 0.2) is 23.3 Å². The fourth-order valence-electron chi connectivity index (χ4n) is 3.95. The smallest absolute Gasteiger partial charge is 0.191 e. The molecular weight excluding hydrogens is 416 g/mol. The van der Waals surface area contributed by atoms with Crippen LogP contribution in [0.4, 0.5) is 0 Å². The van der Waals surface area contributed by atoms with Crippen molar-refractivity contribution >= 4 is 5.96 Å². The molecule has 2 heterocycles. The largest absolute Gasteiger partial charge is 0.493 e. The van der Waals surface area contributed by atoms with Crippen molar-refractivity contribution in [3.63, 3.8) is 0 Å². The predicted octanol–water partition coefficient (Wildman–Crippen LogP) is 3.85. The number of pyridine rings is 1. The summed E-state index contributed by atoms with van der Waals surface area (Å²) in [6, 6.07) is 11.9. The molecule has 3 aromatic rings. The molecule has 0 saturated heterocycles. The van der Waals surface area contributed by atoms with Gasteiger partial charge < -0.3 is 20.1 Å². The Kier molecular flexibility index (Phi) is 7.79. The number of nitrogens with one attached hydrogen (secondary N) is 2. The molecule has 1 saturated carbocycles. The van der Waals surface area contributed by atoms with Gasteiger partial charge in [0, 0.05) is 37.2 Å². The molecule has 0 unspecified atom stereocenters. The Hall–Kier alpha value is -3.55. The number of guanidine groups is 1. The van der Waals surface area contributed by atoms with Gasteiger partial charge in [-0.1, -0.05) is 12.1 Å². The fraction of sp³-hybridized carbons (Fsp3) is 0.400. The van der Waals surface area contributed by atoms with Crippen LogP contribution < -0.4 is 20.1 Å². The lowest BCUT2D eigenvalue weighted by Gasteiger charge is -2.20. The SMILES string of the molecule is CCNC(=NCc1ccnc(-n2cccn2)c1)NCc1cccc(OC)c1OC1CCCC1. The molecule has 4 rings (SSSR count). The summed E-state index contributed by atoms with van der Waals surface area (Å²) in [6.07, 6.45) is 10.3. The Morgan fingerprint density at radius 3 is 2.79 bits per heavy atom. The fourth-order valence-corrected chi connectivity index (χ4v) is 3.95. The lowest BCUT2D eigenvalue weighted by Crippen LogP contribution is -2.37. The van der Waals surface area contributed by atoms with E-state index in [1.807, 2.05) is 36.5 Å². The number of hydrogen-bond acceptors (Lipinski definition) is 5. The van der Waals surface area contributed by atoms with Gasteiger partial charge in [-0.25, -0.2) is 14.7 Å². The van der Waals surface area contributed by atoms with E-state index in [4.69, 9.17) is 14.5 Å². The first kappa shape index (κ1) is 22.6. The summed E-state index contributed by atoms with van der Waals surface area (Å²) < 4.78 is 13.7. The summed E-state index contributed by atoms with van der Waals surface area (Å²) in [6.45, 7) is 3.93. The first-order chi connectivity index (χ1) is 16.3. The highest BCUT2D eigenvalue weighted by molar-refractivity contribution is 5.79. The van der Waals surface area contributed by atoms with Crippen LogP contribution in [0.3, 0.4) is 0 Å². The zero-order chi connectivity index (χ0) is 22.9. The molecule has 2 N–H and O–H groups in total. The molecule has 1 aliphatic carbocycles. The molecule has 0 aliphatic heterocycles. The van der Waals surface area contributed by atoms with E-state index in [0.717, 1.165) is 53.8 Å². The minimum Gasteiger partial charge on any atom is -0.493 e. The third kappa shape index (κ3) is 6.03. The molecular formula is C25H32N6O2. The zero-order valence-corrected chi connectivity index (χ0v) is 19.3. The van der Waals surface area contributed by atoms with Gasteiger partial charge in [0.2, 0.25) is 0 Å². The van der Waals surface area contributed by atoms with Crippen molar-refractivity contribution in [2.45, 2.75) is 51.8 Å². The van der Waals surface area contributed by atoms with E-state index in [2.05, 4.69) is 33.7 Å². The number of nitrogens with zero attached hydrogens (tertiary/aromatic N) is 4. The number of ether oxygens (including phenoxy) is 2. The Balaban J connectivity index is 1.45. The molecule has 174 valence electrons. The van der Waals surface area contributed by atoms with Gasteiger partial charge in [0.25, 0.3) is 0 Å². The molecule has 0 radical (unpaired) electrons. The van der Waals surface area contributed by atoms with Crippen LogP contribution >= 0.6 is 0 Å². The Morgan fingerprint density at radius 1 is 1.15 bits per heavy atom. The minimum absolute atomic E-state index is 0.262. The maximum absolute atomic E-state index is 6.36. The van der Waals surface area contributed by atoms with Crippen molar-refractivity contribution in [2.24, 2.45) is 4.99 Å². The van der Waals surface area contributed by atoms with Crippen LogP contribution in [0, 0.1) is 0 Å². The van der Waals surface area contributed by atoms with Crippen LogP contribution in [0.2, 0.25) is 0 Å². The first-order valence-electron chi connectivity index (χ1n) is 11.6. The van der Waals surface area contributed by atoms with Crippen LogP contribution in [0.5, 0.6) is 11.5 Å². The van der Waals surface area contributed by atoms with E-state index in [-0.39, 0.29) is 6.10 Å². The van der Waals surface area contributed by atoms with Gasteiger partial charge in [-0.2, -0.15) is 5.10 Å². The second kappa shape index (κ2) is 11.4. The maximum Gasteiger partial charge on any atom is 0.191 e. The summed E-state index contributed by atoms with van der Waals surface area (Å²) in [5, 5.41) is 11.0. The van der Waals surface area contributed by atoms with E-state index in [0.29, 0.717) is 13.1 Å². The quantitative estimate of drug-likeness (QED) is 0.382. The molecule has 1 aliphatic rings. The van der Waals surface area contributed by atoms with Gasteiger partial charge in [0.05, 0.1) is 19.8 Å². The van der Waals surface area contributed by atoms with E-state index in [1.54, 1.807) is 24.2 Å². The van der Waals surface area contributed by atoms with E-state index in [9.17, 15) is 0 Å². The van der Waals surface area contributed by atoms with Gasteiger partial charge >= 0.3 is 0 Å². The number of methoxy groups -OCH3 is 1. The molecule has 0 atom stereocenters. The monoisotopic (exact) mass is 448 g/mol. The van der Waals surface area contributed by atoms with Gasteiger partial charge in [-0.15, -0.1) is 0 Å². The normalized spacial score (nSPS) is 14.3.